The quantitative estimate of drug-likeness (QED) is 0.325. The Hall–Kier alpha value is -2.09. The van der Waals surface area contributed by atoms with Crippen molar-refractivity contribution in [2.24, 2.45) is 39.9 Å². The first-order chi connectivity index (χ1) is 20.7. The minimum atomic E-state index is -1.26. The molecule has 1 saturated heterocycles. The van der Waals surface area contributed by atoms with Gasteiger partial charge >= 0.3 is 5.97 Å². The van der Waals surface area contributed by atoms with E-state index >= 15 is 0 Å². The van der Waals surface area contributed by atoms with Gasteiger partial charge in [-0.05, 0) is 104 Å². The molecule has 1 aromatic carbocycles. The molecule has 2 aliphatic heterocycles. The predicted molar refractivity (Wildman–Crippen MR) is 170 cm³/mol. The van der Waals surface area contributed by atoms with E-state index < -0.39 is 23.4 Å². The normalized spacial score (nSPS) is 36.1. The highest BCUT2D eigenvalue weighted by Crippen LogP contribution is 2.60. The van der Waals surface area contributed by atoms with E-state index in [1.807, 2.05) is 13.0 Å². The van der Waals surface area contributed by atoms with Crippen molar-refractivity contribution >= 4 is 41.0 Å². The van der Waals surface area contributed by atoms with Gasteiger partial charge in [0.25, 0.3) is 0 Å². The lowest BCUT2D eigenvalue weighted by molar-refractivity contribution is -0.180. The summed E-state index contributed by atoms with van der Waals surface area (Å²) in [5, 5.41) is 4.17. The van der Waals surface area contributed by atoms with Gasteiger partial charge in [-0.15, -0.1) is 0 Å². The van der Waals surface area contributed by atoms with Crippen molar-refractivity contribution in [2.45, 2.75) is 97.8 Å². The number of nitrogens with zero attached hydrogens (tertiary/aromatic N) is 1. The van der Waals surface area contributed by atoms with Crippen molar-refractivity contribution in [3.05, 3.63) is 45.6 Å². The average Bonchev–Trinajstić information content (AvgIpc) is 2.94. The fourth-order valence-corrected chi connectivity index (χ4v) is 9.98. The maximum absolute atomic E-state index is 14.4. The molecule has 4 bridgehead atoms. The number of esters is 1. The van der Waals surface area contributed by atoms with Crippen LogP contribution < -0.4 is 5.32 Å². The summed E-state index contributed by atoms with van der Waals surface area (Å²) in [5.41, 5.74) is -0.0974. The van der Waals surface area contributed by atoms with E-state index in [0.717, 1.165) is 17.8 Å². The summed E-state index contributed by atoms with van der Waals surface area (Å²) in [6.07, 6.45) is 8.73. The minimum absolute atomic E-state index is 0.00249. The third kappa shape index (κ3) is 5.71. The summed E-state index contributed by atoms with van der Waals surface area (Å²) in [6.45, 7) is 8.86. The molecule has 5 fully saturated rings. The number of nitrogens with one attached hydrogen (secondary N) is 1. The summed E-state index contributed by atoms with van der Waals surface area (Å²) in [7, 11) is 1.36. The molecule has 0 spiro atoms. The van der Waals surface area contributed by atoms with Crippen LogP contribution in [-0.4, -0.2) is 48.5 Å². The van der Waals surface area contributed by atoms with Gasteiger partial charge in [0, 0.05) is 34.6 Å². The number of methoxy groups -OCH3 is 1. The van der Waals surface area contributed by atoms with Gasteiger partial charge in [-0.2, -0.15) is 0 Å². The number of ether oxygens (including phenoxy) is 2. The van der Waals surface area contributed by atoms with Crippen LogP contribution in [0.15, 0.2) is 30.0 Å². The fraction of sp³-hybridized carbons (Fsp3) is 0.686. The number of benzene rings is 1. The van der Waals surface area contributed by atoms with E-state index in [9.17, 15) is 14.4 Å². The number of hydrogen-bond acceptors (Lipinski definition) is 5. The van der Waals surface area contributed by atoms with Gasteiger partial charge in [-0.25, -0.2) is 0 Å². The van der Waals surface area contributed by atoms with Crippen molar-refractivity contribution in [3.63, 3.8) is 0 Å². The van der Waals surface area contributed by atoms with Gasteiger partial charge < -0.3 is 19.7 Å². The monoisotopic (exact) mass is 644 g/mol. The van der Waals surface area contributed by atoms with Crippen molar-refractivity contribution in [3.8, 4) is 0 Å². The molecule has 4 saturated carbocycles. The Kier molecular flexibility index (Phi) is 8.41. The molecule has 0 aromatic heterocycles. The maximum atomic E-state index is 14.4. The van der Waals surface area contributed by atoms with Crippen molar-refractivity contribution in [1.29, 1.82) is 0 Å². The Bertz CT molecular complexity index is 1330. The number of halogens is 2. The van der Waals surface area contributed by atoms with Crippen LogP contribution in [0.25, 0.3) is 0 Å². The number of amides is 2. The number of fused-ring (bicyclic) bond motifs is 1. The molecule has 1 N–H and O–H groups in total. The SMILES string of the molecule is COC(=O)[C@]12C[C@H](CC(=O)NCC34CC5CC(CC(C5)C3)C4)C(=O)N(Cc3ccc(Cl)cc3Cl)C1=C[C@H](C(C)(C)C)O[C@@H]2C. The Morgan fingerprint density at radius 3 is 2.27 bits per heavy atom. The van der Waals surface area contributed by atoms with E-state index in [4.69, 9.17) is 32.7 Å². The Balaban J connectivity index is 1.30. The minimum Gasteiger partial charge on any atom is -0.468 e. The van der Waals surface area contributed by atoms with Crippen molar-refractivity contribution in [1.82, 2.24) is 10.2 Å². The largest absolute Gasteiger partial charge is 0.468 e. The molecule has 0 radical (unpaired) electrons. The van der Waals surface area contributed by atoms with Crippen LogP contribution in [0.1, 0.15) is 84.6 Å². The molecule has 9 heteroatoms. The molecule has 44 heavy (non-hydrogen) atoms. The molecular formula is C35H46Cl2N2O5. The Morgan fingerprint density at radius 1 is 1.07 bits per heavy atom. The molecule has 1 aromatic rings. The molecule has 6 aliphatic rings. The number of likely N-dealkylation sites (tertiary alicyclic amines) is 1. The Labute approximate surface area is 271 Å². The van der Waals surface area contributed by atoms with E-state index in [-0.39, 0.29) is 48.1 Å². The third-order valence-electron chi connectivity index (χ3n) is 11.3. The summed E-state index contributed by atoms with van der Waals surface area (Å²) in [5.74, 6) is 0.832. The molecule has 2 amide bonds. The highest BCUT2D eigenvalue weighted by molar-refractivity contribution is 6.35. The van der Waals surface area contributed by atoms with Crippen LogP contribution in [0, 0.1) is 39.9 Å². The standard InChI is InChI=1S/C35H46Cl2N2O5/c1-20-35(32(42)43-5)17-25(11-30(40)38-19-34-14-21-8-22(15-34)10-23(9-21)16-34)31(41)39(18-24-6-7-26(36)12-27(24)37)28(35)13-29(44-20)33(2,3)4/h6-7,12-13,20-23,25,29H,8-11,14-19H2,1-5H3,(H,38,40)/t20-,21?,22?,23?,25+,29-,34?,35+/m1/s1. The smallest absolute Gasteiger partial charge is 0.320 e. The fourth-order valence-electron chi connectivity index (χ4n) is 9.51. The number of hydrogen-bond donors (Lipinski definition) is 1. The first-order valence-corrected chi connectivity index (χ1v) is 17.0. The van der Waals surface area contributed by atoms with E-state index in [0.29, 0.717) is 27.9 Å². The van der Waals surface area contributed by atoms with Crippen molar-refractivity contribution < 1.29 is 23.9 Å². The molecule has 4 atom stereocenters. The topological polar surface area (TPSA) is 84.9 Å². The predicted octanol–water partition coefficient (Wildman–Crippen LogP) is 6.94. The number of carbonyl (C=O) groups is 3. The van der Waals surface area contributed by atoms with E-state index in [2.05, 4.69) is 26.1 Å². The van der Waals surface area contributed by atoms with Crippen LogP contribution in [0.4, 0.5) is 0 Å². The lowest BCUT2D eigenvalue weighted by Crippen LogP contribution is -2.61. The van der Waals surface area contributed by atoms with Gasteiger partial charge in [-0.1, -0.05) is 50.0 Å². The van der Waals surface area contributed by atoms with Crippen LogP contribution in [-0.2, 0) is 30.4 Å². The summed E-state index contributed by atoms with van der Waals surface area (Å²) in [4.78, 5) is 43.4. The lowest BCUT2D eigenvalue weighted by Gasteiger charge is -2.57. The zero-order chi connectivity index (χ0) is 31.6. The highest BCUT2D eigenvalue weighted by atomic mass is 35.5. The van der Waals surface area contributed by atoms with E-state index in [1.165, 1.54) is 45.6 Å². The molecule has 4 aliphatic carbocycles. The van der Waals surface area contributed by atoms with Crippen LogP contribution in [0.3, 0.4) is 0 Å². The highest BCUT2D eigenvalue weighted by Gasteiger charge is 2.60. The van der Waals surface area contributed by atoms with Gasteiger partial charge in [0.15, 0.2) is 0 Å². The first-order valence-electron chi connectivity index (χ1n) is 16.2. The molecule has 7 nitrogen and oxygen atoms in total. The maximum Gasteiger partial charge on any atom is 0.320 e. The third-order valence-corrected chi connectivity index (χ3v) is 11.9. The zero-order valence-electron chi connectivity index (χ0n) is 26.6. The van der Waals surface area contributed by atoms with Gasteiger partial charge in [0.1, 0.15) is 5.41 Å². The second-order valence-electron chi connectivity index (χ2n) is 15.5. The summed E-state index contributed by atoms with van der Waals surface area (Å²) < 4.78 is 11.9. The number of carbonyl (C=O) groups excluding carboxylic acids is 3. The molecule has 7 rings (SSSR count). The molecule has 2 heterocycles. The number of piperidine rings is 1. The molecule has 0 unspecified atom stereocenters. The zero-order valence-corrected chi connectivity index (χ0v) is 28.1. The van der Waals surface area contributed by atoms with Gasteiger partial charge in [0.05, 0.1) is 25.9 Å². The lowest BCUT2D eigenvalue weighted by atomic mass is 9.49. The first kappa shape index (κ1) is 31.9. The Morgan fingerprint density at radius 2 is 1.70 bits per heavy atom. The van der Waals surface area contributed by atoms with Crippen LogP contribution >= 0.6 is 23.2 Å². The van der Waals surface area contributed by atoms with Gasteiger partial charge in [0.2, 0.25) is 11.8 Å². The summed E-state index contributed by atoms with van der Waals surface area (Å²) in [6, 6.07) is 5.18. The van der Waals surface area contributed by atoms with E-state index in [1.54, 1.807) is 23.1 Å². The second-order valence-corrected chi connectivity index (χ2v) is 16.4. The molecule has 240 valence electrons. The number of rotatable bonds is 7. The average molecular weight is 646 g/mol. The second kappa shape index (κ2) is 11.6. The van der Waals surface area contributed by atoms with Gasteiger partial charge in [-0.3, -0.25) is 14.4 Å². The molecular weight excluding hydrogens is 599 g/mol. The van der Waals surface area contributed by atoms with Crippen LogP contribution in [0.2, 0.25) is 10.0 Å². The van der Waals surface area contributed by atoms with Crippen LogP contribution in [0.5, 0.6) is 0 Å². The summed E-state index contributed by atoms with van der Waals surface area (Å²) >= 11 is 12.8. The van der Waals surface area contributed by atoms with Crippen molar-refractivity contribution in [2.75, 3.05) is 13.7 Å².